The number of aromatic amines is 1. The Labute approximate surface area is 183 Å². The maximum atomic E-state index is 13.4. The highest BCUT2D eigenvalue weighted by Crippen LogP contribution is 2.35. The minimum atomic E-state index is -0.160. The topological polar surface area (TPSA) is 92.6 Å². The summed E-state index contributed by atoms with van der Waals surface area (Å²) in [5.74, 6) is 1.23. The van der Waals surface area contributed by atoms with E-state index in [9.17, 15) is 4.79 Å². The number of nitrogens with one attached hydrogen (secondary N) is 1. The summed E-state index contributed by atoms with van der Waals surface area (Å²) in [5, 5.41) is 17.7. The van der Waals surface area contributed by atoms with Gasteiger partial charge in [0.2, 0.25) is 0 Å². The third-order valence-corrected chi connectivity index (χ3v) is 6.05. The average molecular weight is 434 g/mol. The van der Waals surface area contributed by atoms with Crippen LogP contribution in [0.4, 0.5) is 0 Å². The van der Waals surface area contributed by atoms with Crippen molar-refractivity contribution in [2.75, 3.05) is 6.54 Å². The fourth-order valence-corrected chi connectivity index (χ4v) is 3.99. The summed E-state index contributed by atoms with van der Waals surface area (Å²) in [5.41, 5.74) is 4.04. The monoisotopic (exact) mass is 433 g/mol. The molecule has 8 nitrogen and oxygen atoms in total. The van der Waals surface area contributed by atoms with Crippen LogP contribution in [-0.4, -0.2) is 47.5 Å². The maximum Gasteiger partial charge on any atom is 0.256 e. The van der Waals surface area contributed by atoms with E-state index in [4.69, 9.17) is 11.6 Å². The van der Waals surface area contributed by atoms with Gasteiger partial charge in [-0.3, -0.25) is 4.79 Å². The van der Waals surface area contributed by atoms with E-state index < -0.39 is 0 Å². The molecule has 1 fully saturated rings. The highest BCUT2D eigenvalue weighted by Gasteiger charge is 2.37. The Hall–Kier alpha value is -3.52. The number of carbonyl (C=O) groups excluding carboxylic acids is 1. The number of hydrogen-bond donors (Lipinski definition) is 1. The third-order valence-electron chi connectivity index (χ3n) is 5.64. The van der Waals surface area contributed by atoms with Crippen LogP contribution in [0.5, 0.6) is 0 Å². The molecule has 2 aromatic heterocycles. The zero-order chi connectivity index (χ0) is 21.5. The van der Waals surface area contributed by atoms with Gasteiger partial charge in [-0.05, 0) is 44.0 Å². The highest BCUT2D eigenvalue weighted by atomic mass is 35.5. The van der Waals surface area contributed by atoms with Gasteiger partial charge in [-0.2, -0.15) is 15.0 Å². The molecule has 0 aliphatic carbocycles. The Kier molecular flexibility index (Phi) is 4.78. The molecule has 3 heterocycles. The Morgan fingerprint density at radius 1 is 1.13 bits per heavy atom. The molecule has 1 unspecified atom stereocenters. The number of likely N-dealkylation sites (tertiary alicyclic amines) is 1. The van der Waals surface area contributed by atoms with Crippen LogP contribution in [0.1, 0.15) is 39.8 Å². The van der Waals surface area contributed by atoms with Crippen LogP contribution in [0, 0.1) is 13.8 Å². The second kappa shape index (κ2) is 7.63. The molecule has 1 atom stereocenters. The first kappa shape index (κ1) is 19.4. The van der Waals surface area contributed by atoms with Gasteiger partial charge in [-0.1, -0.05) is 35.4 Å². The first-order chi connectivity index (χ1) is 15.0. The van der Waals surface area contributed by atoms with Crippen LogP contribution in [0.2, 0.25) is 5.02 Å². The van der Waals surface area contributed by atoms with E-state index in [1.807, 2.05) is 50.2 Å². The van der Waals surface area contributed by atoms with Crippen molar-refractivity contribution in [1.82, 2.24) is 35.1 Å². The third kappa shape index (κ3) is 3.38. The lowest BCUT2D eigenvalue weighted by Gasteiger charge is -2.39. The van der Waals surface area contributed by atoms with Gasteiger partial charge in [0.05, 0.1) is 29.7 Å². The van der Waals surface area contributed by atoms with Crippen molar-refractivity contribution in [3.63, 3.8) is 0 Å². The number of hydrogen-bond acceptors (Lipinski definition) is 5. The van der Waals surface area contributed by atoms with E-state index in [0.717, 1.165) is 23.1 Å². The zero-order valence-corrected chi connectivity index (χ0v) is 17.8. The second-order valence-electron chi connectivity index (χ2n) is 7.61. The van der Waals surface area contributed by atoms with Gasteiger partial charge in [-0.15, -0.1) is 10.2 Å². The lowest BCUT2D eigenvalue weighted by molar-refractivity contribution is 0.0441. The average Bonchev–Trinajstić information content (AvgIpc) is 3.42. The van der Waals surface area contributed by atoms with E-state index in [1.54, 1.807) is 17.3 Å². The summed E-state index contributed by atoms with van der Waals surface area (Å²) in [6.07, 6.45) is 4.00. The summed E-state index contributed by atoms with van der Waals surface area (Å²) in [6.45, 7) is 4.55. The molecule has 156 valence electrons. The number of amides is 1. The predicted molar refractivity (Wildman–Crippen MR) is 116 cm³/mol. The van der Waals surface area contributed by atoms with Crippen LogP contribution in [0.25, 0.3) is 17.1 Å². The molecule has 4 aromatic rings. The second-order valence-corrected chi connectivity index (χ2v) is 8.02. The van der Waals surface area contributed by atoms with Gasteiger partial charge in [-0.25, -0.2) is 0 Å². The molecule has 0 spiro atoms. The lowest BCUT2D eigenvalue weighted by atomic mass is 9.99. The minimum Gasteiger partial charge on any atom is -0.328 e. The fourth-order valence-electron chi connectivity index (χ4n) is 3.82. The fraction of sp³-hybridized carbons (Fsp3) is 0.227. The summed E-state index contributed by atoms with van der Waals surface area (Å²) < 4.78 is 0. The van der Waals surface area contributed by atoms with Crippen molar-refractivity contribution in [1.29, 1.82) is 0 Å². The zero-order valence-electron chi connectivity index (χ0n) is 17.1. The van der Waals surface area contributed by atoms with Crippen LogP contribution < -0.4 is 0 Å². The number of halogens is 1. The molecule has 0 saturated carbocycles. The largest absolute Gasteiger partial charge is 0.328 e. The van der Waals surface area contributed by atoms with E-state index in [2.05, 4.69) is 25.4 Å². The van der Waals surface area contributed by atoms with Crippen molar-refractivity contribution >= 4 is 17.5 Å². The Balaban J connectivity index is 1.44. The normalized spacial score (nSPS) is 15.7. The minimum absolute atomic E-state index is 0.0795. The number of aryl methyl sites for hydroxylation is 1. The molecule has 1 aliphatic heterocycles. The molecular formula is C22H20ClN7O. The number of aromatic nitrogens is 6. The maximum absolute atomic E-state index is 13.4. The van der Waals surface area contributed by atoms with E-state index in [-0.39, 0.29) is 11.9 Å². The summed E-state index contributed by atoms with van der Waals surface area (Å²) in [6, 6.07) is 11.2. The smallest absolute Gasteiger partial charge is 0.256 e. The Bertz CT molecular complexity index is 1260. The number of benzene rings is 2. The number of rotatable bonds is 4. The number of H-pyrrole nitrogens is 1. The van der Waals surface area contributed by atoms with Gasteiger partial charge >= 0.3 is 0 Å². The Morgan fingerprint density at radius 2 is 1.94 bits per heavy atom. The summed E-state index contributed by atoms with van der Waals surface area (Å²) in [7, 11) is 0. The number of carbonyl (C=O) groups is 1. The van der Waals surface area contributed by atoms with Gasteiger partial charge in [0.1, 0.15) is 0 Å². The van der Waals surface area contributed by atoms with Crippen molar-refractivity contribution < 1.29 is 4.79 Å². The van der Waals surface area contributed by atoms with Crippen molar-refractivity contribution in [2.24, 2.45) is 0 Å². The molecule has 1 aliphatic rings. The molecular weight excluding hydrogens is 414 g/mol. The molecule has 0 bridgehead atoms. The summed E-state index contributed by atoms with van der Waals surface area (Å²) >= 11 is 6.25. The Morgan fingerprint density at radius 3 is 2.68 bits per heavy atom. The quantitative estimate of drug-likeness (QED) is 0.526. The van der Waals surface area contributed by atoms with Crippen molar-refractivity contribution in [3.8, 4) is 17.1 Å². The number of nitrogens with zero attached hydrogens (tertiary/aromatic N) is 6. The van der Waals surface area contributed by atoms with Crippen LogP contribution in [-0.2, 0) is 0 Å². The lowest BCUT2D eigenvalue weighted by Crippen LogP contribution is -2.46. The molecule has 5 rings (SSSR count). The van der Waals surface area contributed by atoms with Crippen LogP contribution >= 0.6 is 11.6 Å². The van der Waals surface area contributed by atoms with Gasteiger partial charge < -0.3 is 9.88 Å². The van der Waals surface area contributed by atoms with E-state index in [0.29, 0.717) is 34.5 Å². The molecule has 0 radical (unpaired) electrons. The van der Waals surface area contributed by atoms with E-state index >= 15 is 0 Å². The first-order valence-corrected chi connectivity index (χ1v) is 10.4. The molecule has 1 saturated heterocycles. The first-order valence-electron chi connectivity index (χ1n) is 9.99. The van der Waals surface area contributed by atoms with Crippen LogP contribution in [0.15, 0.2) is 48.8 Å². The molecule has 1 N–H and O–H groups in total. The van der Waals surface area contributed by atoms with Crippen molar-refractivity contribution in [2.45, 2.75) is 26.3 Å². The van der Waals surface area contributed by atoms with Crippen LogP contribution in [0.3, 0.4) is 0 Å². The van der Waals surface area contributed by atoms with Gasteiger partial charge in [0.15, 0.2) is 11.6 Å². The van der Waals surface area contributed by atoms with Gasteiger partial charge in [0.25, 0.3) is 5.91 Å². The molecule has 1 amide bonds. The molecule has 2 aromatic carbocycles. The van der Waals surface area contributed by atoms with Crippen molar-refractivity contribution in [3.05, 3.63) is 76.3 Å². The standard InChI is InChI=1S/C22H20ClN7O/c1-13-6-7-18(30-24-9-10-25-30)16(12-13)22(31)29-11-8-19(29)21-26-20(27-28-21)15-4-3-5-17(23)14(15)2/h3-7,9-10,12,19H,8,11H2,1-2H3,(H,26,27,28). The van der Waals surface area contributed by atoms with Gasteiger partial charge in [0, 0.05) is 17.1 Å². The highest BCUT2D eigenvalue weighted by molar-refractivity contribution is 6.31. The molecule has 9 heteroatoms. The summed E-state index contributed by atoms with van der Waals surface area (Å²) in [4.78, 5) is 20.0. The molecule has 31 heavy (non-hydrogen) atoms. The van der Waals surface area contributed by atoms with E-state index in [1.165, 1.54) is 4.80 Å². The SMILES string of the molecule is Cc1ccc(-n2nccn2)c(C(=O)N2CCC2c2nnc(-c3cccc(Cl)c3C)[nH]2)c1. The predicted octanol–water partition coefficient (Wildman–Crippen LogP) is 3.91.